The van der Waals surface area contributed by atoms with Crippen LogP contribution >= 0.6 is 0 Å². The second kappa shape index (κ2) is 4.72. The van der Waals surface area contributed by atoms with Gasteiger partial charge < -0.3 is 15.5 Å². The van der Waals surface area contributed by atoms with Crippen molar-refractivity contribution in [1.82, 2.24) is 15.5 Å². The first-order chi connectivity index (χ1) is 7.66. The summed E-state index contributed by atoms with van der Waals surface area (Å²) in [6.07, 6.45) is 4.39. The highest BCUT2D eigenvalue weighted by atomic mass is 16.2. The minimum absolute atomic E-state index is 0.104. The number of carbonyl (C=O) groups excluding carboxylic acids is 2. The molecule has 5 heteroatoms. The van der Waals surface area contributed by atoms with Crippen molar-refractivity contribution in [2.45, 2.75) is 44.7 Å². The number of nitrogens with zero attached hydrogens (tertiary/aromatic N) is 1. The summed E-state index contributed by atoms with van der Waals surface area (Å²) in [6, 6.07) is 0.694. The zero-order chi connectivity index (χ0) is 11.5. The van der Waals surface area contributed by atoms with Gasteiger partial charge in [-0.15, -0.1) is 0 Å². The first kappa shape index (κ1) is 11.2. The Kier molecular flexibility index (Phi) is 3.31. The Hall–Kier alpha value is -1.26. The molecule has 2 N–H and O–H groups in total. The van der Waals surface area contributed by atoms with E-state index in [-0.39, 0.29) is 11.9 Å². The van der Waals surface area contributed by atoms with Crippen LogP contribution in [-0.4, -0.2) is 42.0 Å². The van der Waals surface area contributed by atoms with Crippen LogP contribution < -0.4 is 10.6 Å². The number of nitrogens with one attached hydrogen (secondary N) is 2. The predicted molar refractivity (Wildman–Crippen MR) is 60.0 cm³/mol. The summed E-state index contributed by atoms with van der Waals surface area (Å²) in [4.78, 5) is 24.4. The predicted octanol–water partition coefficient (Wildman–Crippen LogP) is 0.459. The van der Waals surface area contributed by atoms with E-state index in [0.717, 1.165) is 25.7 Å². The molecule has 90 valence electrons. The lowest BCUT2D eigenvalue weighted by Gasteiger charge is -2.20. The normalized spacial score (nSPS) is 19.1. The van der Waals surface area contributed by atoms with Crippen molar-refractivity contribution in [3.05, 3.63) is 0 Å². The summed E-state index contributed by atoms with van der Waals surface area (Å²) in [7, 11) is 0. The fourth-order valence-electron chi connectivity index (χ4n) is 1.74. The summed E-state index contributed by atoms with van der Waals surface area (Å²) in [5.74, 6) is 0.104. The molecule has 0 heterocycles. The summed E-state index contributed by atoms with van der Waals surface area (Å²) < 4.78 is 0. The molecule has 3 amide bonds. The van der Waals surface area contributed by atoms with Gasteiger partial charge in [-0.05, 0) is 25.7 Å². The van der Waals surface area contributed by atoms with Crippen molar-refractivity contribution in [3.63, 3.8) is 0 Å². The molecule has 5 nitrogen and oxygen atoms in total. The van der Waals surface area contributed by atoms with E-state index >= 15 is 0 Å². The Morgan fingerprint density at radius 2 is 1.94 bits per heavy atom. The van der Waals surface area contributed by atoms with Crippen LogP contribution in [0.5, 0.6) is 0 Å². The lowest BCUT2D eigenvalue weighted by Crippen LogP contribution is -2.42. The van der Waals surface area contributed by atoms with E-state index in [1.54, 1.807) is 6.92 Å². The smallest absolute Gasteiger partial charge is 0.315 e. The zero-order valence-corrected chi connectivity index (χ0v) is 9.66. The highest BCUT2D eigenvalue weighted by molar-refractivity contribution is 5.75. The third-order valence-electron chi connectivity index (χ3n) is 2.94. The van der Waals surface area contributed by atoms with Crippen molar-refractivity contribution in [1.29, 1.82) is 0 Å². The molecule has 0 radical (unpaired) electrons. The maximum atomic E-state index is 11.3. The molecule has 0 saturated heterocycles. The molecule has 2 rings (SSSR count). The largest absolute Gasteiger partial charge is 0.338 e. The van der Waals surface area contributed by atoms with Crippen molar-refractivity contribution < 1.29 is 9.59 Å². The third kappa shape index (κ3) is 3.40. The number of urea groups is 1. The van der Waals surface area contributed by atoms with Gasteiger partial charge in [-0.25, -0.2) is 4.79 Å². The summed E-state index contributed by atoms with van der Waals surface area (Å²) >= 11 is 0. The molecule has 0 spiro atoms. The van der Waals surface area contributed by atoms with Gasteiger partial charge in [0.1, 0.15) is 0 Å². The highest BCUT2D eigenvalue weighted by Gasteiger charge is 2.30. The maximum absolute atomic E-state index is 11.3. The fourth-order valence-corrected chi connectivity index (χ4v) is 1.74. The van der Waals surface area contributed by atoms with Crippen LogP contribution in [0.3, 0.4) is 0 Å². The molecule has 2 aliphatic carbocycles. The van der Waals surface area contributed by atoms with E-state index in [4.69, 9.17) is 0 Å². The second-order valence-electron chi connectivity index (χ2n) is 4.62. The quantitative estimate of drug-likeness (QED) is 0.714. The van der Waals surface area contributed by atoms with Crippen LogP contribution in [0, 0.1) is 0 Å². The topological polar surface area (TPSA) is 61.4 Å². The van der Waals surface area contributed by atoms with Crippen LogP contribution in [-0.2, 0) is 4.79 Å². The summed E-state index contributed by atoms with van der Waals surface area (Å²) in [5, 5.41) is 5.63. The Balaban J connectivity index is 1.61. The van der Waals surface area contributed by atoms with E-state index in [1.807, 2.05) is 4.90 Å². The van der Waals surface area contributed by atoms with Crippen molar-refractivity contribution in [2.75, 3.05) is 13.1 Å². The van der Waals surface area contributed by atoms with Gasteiger partial charge in [0, 0.05) is 32.1 Å². The highest BCUT2D eigenvalue weighted by Crippen LogP contribution is 2.26. The summed E-state index contributed by atoms with van der Waals surface area (Å²) in [6.45, 7) is 2.75. The van der Waals surface area contributed by atoms with E-state index in [0.29, 0.717) is 25.2 Å². The lowest BCUT2D eigenvalue weighted by atomic mass is 10.4. The lowest BCUT2D eigenvalue weighted by molar-refractivity contribution is -0.129. The Morgan fingerprint density at radius 3 is 2.44 bits per heavy atom. The van der Waals surface area contributed by atoms with E-state index in [2.05, 4.69) is 10.6 Å². The van der Waals surface area contributed by atoms with E-state index in [1.165, 1.54) is 0 Å². The van der Waals surface area contributed by atoms with E-state index in [9.17, 15) is 9.59 Å². The molecule has 0 atom stereocenters. The van der Waals surface area contributed by atoms with Gasteiger partial charge in [0.15, 0.2) is 0 Å². The Morgan fingerprint density at radius 1 is 1.25 bits per heavy atom. The number of amides is 3. The standard InChI is InChI=1S/C11H19N3O2/c1-8(15)14(10-4-5-10)7-6-12-11(16)13-9-2-3-9/h9-10H,2-7H2,1H3,(H2,12,13,16). The van der Waals surface area contributed by atoms with Crippen LogP contribution in [0.15, 0.2) is 0 Å². The molecule has 0 aromatic carbocycles. The van der Waals surface area contributed by atoms with Crippen molar-refractivity contribution in [2.24, 2.45) is 0 Å². The molecule has 2 fully saturated rings. The number of hydrogen-bond acceptors (Lipinski definition) is 2. The van der Waals surface area contributed by atoms with Gasteiger partial charge in [-0.2, -0.15) is 0 Å². The minimum atomic E-state index is -0.109. The number of rotatable bonds is 5. The van der Waals surface area contributed by atoms with E-state index < -0.39 is 0 Å². The average Bonchev–Trinajstić information content (AvgIpc) is 3.04. The van der Waals surface area contributed by atoms with Gasteiger partial charge in [0.25, 0.3) is 0 Å². The van der Waals surface area contributed by atoms with Crippen LogP contribution in [0.1, 0.15) is 32.6 Å². The molecule has 0 aliphatic heterocycles. The van der Waals surface area contributed by atoms with Gasteiger partial charge in [0.2, 0.25) is 5.91 Å². The SMILES string of the molecule is CC(=O)N(CCNC(=O)NC1CC1)C1CC1. The molecule has 16 heavy (non-hydrogen) atoms. The molecular weight excluding hydrogens is 206 g/mol. The molecule has 0 aromatic heterocycles. The van der Waals surface area contributed by atoms with Crippen LogP contribution in [0.2, 0.25) is 0 Å². The zero-order valence-electron chi connectivity index (χ0n) is 9.66. The maximum Gasteiger partial charge on any atom is 0.315 e. The molecule has 0 bridgehead atoms. The van der Waals surface area contributed by atoms with Crippen LogP contribution in [0.25, 0.3) is 0 Å². The summed E-state index contributed by atoms with van der Waals surface area (Å²) in [5.41, 5.74) is 0. The van der Waals surface area contributed by atoms with Crippen LogP contribution in [0.4, 0.5) is 4.79 Å². The molecule has 2 aliphatic rings. The number of carbonyl (C=O) groups is 2. The van der Waals surface area contributed by atoms with Gasteiger partial charge in [0.05, 0.1) is 0 Å². The molecule has 2 saturated carbocycles. The van der Waals surface area contributed by atoms with Gasteiger partial charge in [-0.3, -0.25) is 4.79 Å². The van der Waals surface area contributed by atoms with Gasteiger partial charge >= 0.3 is 6.03 Å². The monoisotopic (exact) mass is 225 g/mol. The first-order valence-electron chi connectivity index (χ1n) is 5.98. The second-order valence-corrected chi connectivity index (χ2v) is 4.62. The minimum Gasteiger partial charge on any atom is -0.338 e. The average molecular weight is 225 g/mol. The molecule has 0 aromatic rings. The third-order valence-corrected chi connectivity index (χ3v) is 2.94. The number of hydrogen-bond donors (Lipinski definition) is 2. The fraction of sp³-hybridized carbons (Fsp3) is 0.818. The first-order valence-corrected chi connectivity index (χ1v) is 5.98. The Labute approximate surface area is 95.6 Å². The molecular formula is C11H19N3O2. The van der Waals surface area contributed by atoms with Crippen molar-refractivity contribution >= 4 is 11.9 Å². The Bertz CT molecular complexity index is 285. The van der Waals surface area contributed by atoms with Crippen molar-refractivity contribution in [3.8, 4) is 0 Å². The molecule has 0 unspecified atom stereocenters. The van der Waals surface area contributed by atoms with Gasteiger partial charge in [-0.1, -0.05) is 0 Å².